The fraction of sp³-hybridized carbons (Fsp3) is 0.276. The molecule has 0 N–H and O–H groups in total. The Balaban J connectivity index is 1.21. The molecule has 1 aliphatic rings. The Hall–Kier alpha value is -4.33. The lowest BCUT2D eigenvalue weighted by molar-refractivity contribution is -0.130. The van der Waals surface area contributed by atoms with Gasteiger partial charge in [-0.05, 0) is 42.8 Å². The molecule has 8 nitrogen and oxygen atoms in total. The fourth-order valence-corrected chi connectivity index (χ4v) is 4.48. The highest BCUT2D eigenvalue weighted by molar-refractivity contribution is 5.92. The van der Waals surface area contributed by atoms with Gasteiger partial charge in [-0.2, -0.15) is 0 Å². The van der Waals surface area contributed by atoms with E-state index in [9.17, 15) is 4.79 Å². The lowest BCUT2D eigenvalue weighted by atomic mass is 10.1. The summed E-state index contributed by atoms with van der Waals surface area (Å²) in [7, 11) is 1.63. The second-order valence-electron chi connectivity index (χ2n) is 8.75. The van der Waals surface area contributed by atoms with Crippen LogP contribution in [0.4, 0.5) is 5.82 Å². The summed E-state index contributed by atoms with van der Waals surface area (Å²) in [5.74, 6) is 3.81. The number of anilines is 1. The van der Waals surface area contributed by atoms with Crippen molar-refractivity contribution in [2.75, 3.05) is 44.8 Å². The second kappa shape index (κ2) is 11.2. The number of para-hydroxylation sites is 1. The van der Waals surface area contributed by atoms with Crippen molar-refractivity contribution in [1.82, 2.24) is 14.9 Å². The van der Waals surface area contributed by atoms with E-state index in [4.69, 9.17) is 14.2 Å². The zero-order chi connectivity index (χ0) is 25.6. The van der Waals surface area contributed by atoms with Gasteiger partial charge in [0.05, 0.1) is 25.7 Å². The molecule has 0 atom stereocenters. The van der Waals surface area contributed by atoms with Gasteiger partial charge in [-0.15, -0.1) is 0 Å². The molecular weight excluding hydrogens is 468 g/mol. The summed E-state index contributed by atoms with van der Waals surface area (Å²) < 4.78 is 17.1. The zero-order valence-electron chi connectivity index (χ0n) is 21.1. The number of methoxy groups -OCH3 is 1. The molecular formula is C29H30N4O4. The molecule has 1 aromatic heterocycles. The van der Waals surface area contributed by atoms with Crippen molar-refractivity contribution in [1.29, 1.82) is 0 Å². The lowest BCUT2D eigenvalue weighted by Crippen LogP contribution is -2.49. The quantitative estimate of drug-likeness (QED) is 0.348. The normalized spacial score (nSPS) is 13.5. The van der Waals surface area contributed by atoms with Gasteiger partial charge in [0.2, 0.25) is 5.91 Å². The van der Waals surface area contributed by atoms with Gasteiger partial charge in [0, 0.05) is 37.6 Å². The van der Waals surface area contributed by atoms with Gasteiger partial charge in [-0.3, -0.25) is 4.79 Å². The predicted octanol–water partition coefficient (Wildman–Crippen LogP) is 4.72. The summed E-state index contributed by atoms with van der Waals surface area (Å²) >= 11 is 0. The van der Waals surface area contributed by atoms with E-state index in [0.29, 0.717) is 50.7 Å². The lowest BCUT2D eigenvalue weighted by Gasteiger charge is -2.36. The molecule has 1 aliphatic heterocycles. The third-order valence-electron chi connectivity index (χ3n) is 6.39. The van der Waals surface area contributed by atoms with E-state index in [1.165, 1.54) is 0 Å². The summed E-state index contributed by atoms with van der Waals surface area (Å²) in [6, 6.07) is 21.2. The molecule has 0 radical (unpaired) electrons. The number of amides is 1. The standard InChI is InChI=1S/C29H30N4O4/c1-3-36-27-19-25-24(18-26(27)35-2)29(31-20-30-25)33-15-13-32(14-16-33)28(34)17-21-9-11-23(12-10-21)37-22-7-5-4-6-8-22/h4-12,18-20H,3,13-17H2,1-2H3. The minimum atomic E-state index is 0.118. The van der Waals surface area contributed by atoms with Crippen LogP contribution in [0.2, 0.25) is 0 Å². The number of carbonyl (C=O) groups is 1. The summed E-state index contributed by atoms with van der Waals surface area (Å²) in [5.41, 5.74) is 1.76. The average molecular weight is 499 g/mol. The highest BCUT2D eigenvalue weighted by Gasteiger charge is 2.24. The van der Waals surface area contributed by atoms with Crippen LogP contribution in [0.15, 0.2) is 73.1 Å². The zero-order valence-corrected chi connectivity index (χ0v) is 21.1. The largest absolute Gasteiger partial charge is 0.493 e. The van der Waals surface area contributed by atoms with Crippen molar-refractivity contribution >= 4 is 22.6 Å². The van der Waals surface area contributed by atoms with Gasteiger partial charge >= 0.3 is 0 Å². The fourth-order valence-electron chi connectivity index (χ4n) is 4.48. The number of piperazine rings is 1. The molecule has 0 spiro atoms. The number of hydrogen-bond acceptors (Lipinski definition) is 7. The van der Waals surface area contributed by atoms with Crippen LogP contribution in [0.3, 0.4) is 0 Å². The number of ether oxygens (including phenoxy) is 3. The molecule has 3 aromatic carbocycles. The Morgan fingerprint density at radius 2 is 1.62 bits per heavy atom. The molecule has 0 unspecified atom stereocenters. The Morgan fingerprint density at radius 3 is 2.32 bits per heavy atom. The Bertz CT molecular complexity index is 1350. The van der Waals surface area contributed by atoms with Crippen molar-refractivity contribution in [3.05, 3.63) is 78.6 Å². The Kier molecular flexibility index (Phi) is 7.35. The maximum atomic E-state index is 13.0. The number of rotatable bonds is 8. The van der Waals surface area contributed by atoms with Gasteiger partial charge in [-0.1, -0.05) is 30.3 Å². The highest BCUT2D eigenvalue weighted by Crippen LogP contribution is 2.35. The summed E-state index contributed by atoms with van der Waals surface area (Å²) in [4.78, 5) is 26.1. The summed E-state index contributed by atoms with van der Waals surface area (Å²) in [6.45, 7) is 5.13. The van der Waals surface area contributed by atoms with Crippen molar-refractivity contribution in [2.24, 2.45) is 0 Å². The number of benzene rings is 3. The molecule has 4 aromatic rings. The average Bonchev–Trinajstić information content (AvgIpc) is 2.94. The first kappa shape index (κ1) is 24.4. The van der Waals surface area contributed by atoms with Gasteiger partial charge in [0.1, 0.15) is 23.6 Å². The molecule has 0 saturated carbocycles. The third-order valence-corrected chi connectivity index (χ3v) is 6.39. The second-order valence-corrected chi connectivity index (χ2v) is 8.75. The van der Waals surface area contributed by atoms with Crippen LogP contribution < -0.4 is 19.1 Å². The Morgan fingerprint density at radius 1 is 0.892 bits per heavy atom. The molecule has 0 bridgehead atoms. The van der Waals surface area contributed by atoms with Gasteiger partial charge in [-0.25, -0.2) is 9.97 Å². The molecule has 1 amide bonds. The van der Waals surface area contributed by atoms with Crippen LogP contribution >= 0.6 is 0 Å². The van der Waals surface area contributed by atoms with E-state index in [2.05, 4.69) is 14.9 Å². The van der Waals surface area contributed by atoms with Crippen LogP contribution in [0, 0.1) is 0 Å². The van der Waals surface area contributed by atoms with Gasteiger partial charge in [0.25, 0.3) is 0 Å². The van der Waals surface area contributed by atoms with E-state index in [0.717, 1.165) is 33.8 Å². The van der Waals surface area contributed by atoms with E-state index < -0.39 is 0 Å². The summed E-state index contributed by atoms with van der Waals surface area (Å²) in [5, 5.41) is 0.903. The maximum absolute atomic E-state index is 13.0. The Labute approximate surface area is 216 Å². The first-order chi connectivity index (χ1) is 18.1. The van der Waals surface area contributed by atoms with Crippen molar-refractivity contribution in [3.63, 3.8) is 0 Å². The van der Waals surface area contributed by atoms with E-state index in [-0.39, 0.29) is 5.91 Å². The van der Waals surface area contributed by atoms with Crippen LogP contribution in [-0.4, -0.2) is 60.7 Å². The first-order valence-electron chi connectivity index (χ1n) is 12.4. The first-order valence-corrected chi connectivity index (χ1v) is 12.4. The van der Waals surface area contributed by atoms with Crippen LogP contribution in [-0.2, 0) is 11.2 Å². The number of aromatic nitrogens is 2. The molecule has 37 heavy (non-hydrogen) atoms. The third kappa shape index (κ3) is 5.58. The maximum Gasteiger partial charge on any atom is 0.227 e. The number of nitrogens with zero attached hydrogens (tertiary/aromatic N) is 4. The summed E-state index contributed by atoms with van der Waals surface area (Å²) in [6.07, 6.45) is 1.93. The van der Waals surface area contributed by atoms with E-state index >= 15 is 0 Å². The molecule has 1 fully saturated rings. The van der Waals surface area contributed by atoms with Crippen LogP contribution in [0.25, 0.3) is 10.9 Å². The minimum Gasteiger partial charge on any atom is -0.493 e. The number of carbonyl (C=O) groups excluding carboxylic acids is 1. The van der Waals surface area contributed by atoms with E-state index in [1.807, 2.05) is 78.6 Å². The molecule has 2 heterocycles. The van der Waals surface area contributed by atoms with Crippen LogP contribution in [0.5, 0.6) is 23.0 Å². The molecule has 0 aliphatic carbocycles. The smallest absolute Gasteiger partial charge is 0.227 e. The topological polar surface area (TPSA) is 77.0 Å². The molecule has 5 rings (SSSR count). The van der Waals surface area contributed by atoms with Gasteiger partial charge < -0.3 is 24.0 Å². The van der Waals surface area contributed by atoms with Gasteiger partial charge in [0.15, 0.2) is 11.5 Å². The number of hydrogen-bond donors (Lipinski definition) is 0. The molecule has 1 saturated heterocycles. The van der Waals surface area contributed by atoms with Crippen LogP contribution in [0.1, 0.15) is 12.5 Å². The van der Waals surface area contributed by atoms with Crippen molar-refractivity contribution in [3.8, 4) is 23.0 Å². The predicted molar refractivity (Wildman–Crippen MR) is 143 cm³/mol. The molecule has 190 valence electrons. The SMILES string of the molecule is CCOc1cc2ncnc(N3CCN(C(=O)Cc4ccc(Oc5ccccc5)cc4)CC3)c2cc1OC. The number of fused-ring (bicyclic) bond motifs is 1. The minimum absolute atomic E-state index is 0.118. The molecule has 8 heteroatoms. The van der Waals surface area contributed by atoms with Crippen molar-refractivity contribution < 1.29 is 19.0 Å². The highest BCUT2D eigenvalue weighted by atomic mass is 16.5. The monoisotopic (exact) mass is 498 g/mol. The van der Waals surface area contributed by atoms with E-state index in [1.54, 1.807) is 13.4 Å². The van der Waals surface area contributed by atoms with Crippen molar-refractivity contribution in [2.45, 2.75) is 13.3 Å².